The number of hydrogen-bond donors (Lipinski definition) is 2. The highest BCUT2D eigenvalue weighted by atomic mass is 32.1. The number of pyridine rings is 1. The van der Waals surface area contributed by atoms with Gasteiger partial charge in [-0.25, -0.2) is 9.67 Å². The van der Waals surface area contributed by atoms with Crippen LogP contribution >= 0.6 is 11.3 Å². The minimum atomic E-state index is -0.199. The van der Waals surface area contributed by atoms with Gasteiger partial charge in [-0.2, -0.15) is 5.10 Å². The molecule has 0 spiro atoms. The Morgan fingerprint density at radius 2 is 2.10 bits per heavy atom. The molecular weight excluding hydrogens is 410 g/mol. The topological polar surface area (TPSA) is 115 Å². The van der Waals surface area contributed by atoms with Crippen LogP contribution in [0.3, 0.4) is 0 Å². The number of benzene rings is 1. The van der Waals surface area contributed by atoms with Crippen LogP contribution in [0.2, 0.25) is 0 Å². The largest absolute Gasteiger partial charge is 0.398 e. The van der Waals surface area contributed by atoms with Crippen molar-refractivity contribution in [3.8, 4) is 0 Å². The van der Waals surface area contributed by atoms with Crippen molar-refractivity contribution in [3.05, 3.63) is 81.0 Å². The number of fused-ring (bicyclic) bond motifs is 3. The molecule has 0 saturated heterocycles. The second-order valence-electron chi connectivity index (χ2n) is 7.25. The molecule has 0 radical (unpaired) electrons. The van der Waals surface area contributed by atoms with Crippen LogP contribution in [-0.4, -0.2) is 30.5 Å². The van der Waals surface area contributed by atoms with Crippen molar-refractivity contribution >= 4 is 44.5 Å². The number of thiazole rings is 1. The SMILES string of the molecule is Cn1c2nc(Cc3ccccn3)sc2c2cnn(Cc3cccc(N)c3C=N)c(=O)c21. The number of nitrogens with zero attached hydrogens (tertiary/aromatic N) is 5. The number of anilines is 1. The van der Waals surface area contributed by atoms with Gasteiger partial charge in [-0.3, -0.25) is 9.78 Å². The van der Waals surface area contributed by atoms with Gasteiger partial charge in [0.2, 0.25) is 0 Å². The predicted molar refractivity (Wildman–Crippen MR) is 123 cm³/mol. The van der Waals surface area contributed by atoms with Crippen LogP contribution in [0.25, 0.3) is 21.3 Å². The molecule has 4 aromatic heterocycles. The Kier molecular flexibility index (Phi) is 4.59. The van der Waals surface area contributed by atoms with E-state index in [4.69, 9.17) is 16.1 Å². The zero-order valence-electron chi connectivity index (χ0n) is 16.7. The Balaban J connectivity index is 1.58. The van der Waals surface area contributed by atoms with Crippen LogP contribution in [0.15, 0.2) is 53.6 Å². The summed E-state index contributed by atoms with van der Waals surface area (Å²) in [6, 6.07) is 11.2. The minimum Gasteiger partial charge on any atom is -0.398 e. The van der Waals surface area contributed by atoms with Crippen molar-refractivity contribution in [1.82, 2.24) is 24.3 Å². The second kappa shape index (κ2) is 7.44. The summed E-state index contributed by atoms with van der Waals surface area (Å²) in [7, 11) is 1.85. The summed E-state index contributed by atoms with van der Waals surface area (Å²) in [5.74, 6) is 0. The third-order valence-electron chi connectivity index (χ3n) is 5.32. The lowest BCUT2D eigenvalue weighted by Gasteiger charge is -2.10. The summed E-state index contributed by atoms with van der Waals surface area (Å²) in [4.78, 5) is 22.4. The van der Waals surface area contributed by atoms with E-state index in [1.54, 1.807) is 29.8 Å². The highest BCUT2D eigenvalue weighted by molar-refractivity contribution is 7.19. The Labute approximate surface area is 181 Å². The Morgan fingerprint density at radius 1 is 1.23 bits per heavy atom. The van der Waals surface area contributed by atoms with Gasteiger partial charge in [0.25, 0.3) is 5.56 Å². The molecule has 0 unspecified atom stereocenters. The van der Waals surface area contributed by atoms with Crippen LogP contribution in [-0.2, 0) is 20.0 Å². The van der Waals surface area contributed by atoms with Crippen molar-refractivity contribution in [3.63, 3.8) is 0 Å². The van der Waals surface area contributed by atoms with E-state index in [1.807, 2.05) is 41.9 Å². The van der Waals surface area contributed by atoms with Gasteiger partial charge in [-0.1, -0.05) is 18.2 Å². The van der Waals surface area contributed by atoms with Gasteiger partial charge < -0.3 is 15.7 Å². The monoisotopic (exact) mass is 429 g/mol. The Morgan fingerprint density at radius 3 is 2.87 bits per heavy atom. The maximum Gasteiger partial charge on any atom is 0.291 e. The standard InChI is InChI=1S/C22H19N7OS/c1-28-19-16(20-21(28)27-18(31-20)9-14-6-2-3-8-25-14)11-26-29(22(19)30)12-13-5-4-7-17(24)15(13)10-23/h2-8,10-11,23H,9,12,24H2,1H3. The lowest BCUT2D eigenvalue weighted by Crippen LogP contribution is -2.25. The Bertz CT molecular complexity index is 1500. The van der Waals surface area contributed by atoms with Crippen molar-refractivity contribution < 1.29 is 0 Å². The molecule has 0 saturated carbocycles. The molecule has 1 aromatic carbocycles. The maximum absolute atomic E-state index is 13.2. The van der Waals surface area contributed by atoms with Crippen molar-refractivity contribution in [2.45, 2.75) is 13.0 Å². The molecule has 5 rings (SSSR count). The van der Waals surface area contributed by atoms with E-state index >= 15 is 0 Å². The fourth-order valence-corrected chi connectivity index (χ4v) is 4.91. The van der Waals surface area contributed by atoms with E-state index in [2.05, 4.69) is 10.1 Å². The van der Waals surface area contributed by atoms with E-state index in [0.29, 0.717) is 23.2 Å². The van der Waals surface area contributed by atoms with Crippen LogP contribution < -0.4 is 11.3 Å². The first-order valence-electron chi connectivity index (χ1n) is 9.68. The smallest absolute Gasteiger partial charge is 0.291 e. The summed E-state index contributed by atoms with van der Waals surface area (Å²) < 4.78 is 4.19. The number of aromatic nitrogens is 5. The number of nitrogens with two attached hydrogens (primary N) is 1. The van der Waals surface area contributed by atoms with Crippen LogP contribution in [0.1, 0.15) is 21.8 Å². The van der Waals surface area contributed by atoms with Crippen molar-refractivity contribution in [2.75, 3.05) is 5.73 Å². The van der Waals surface area contributed by atoms with E-state index in [-0.39, 0.29) is 12.1 Å². The number of nitrogens with one attached hydrogen (secondary N) is 1. The molecule has 0 amide bonds. The fraction of sp³-hybridized carbons (Fsp3) is 0.136. The molecule has 0 aliphatic heterocycles. The molecule has 31 heavy (non-hydrogen) atoms. The Hall–Kier alpha value is -3.85. The molecule has 0 atom stereocenters. The second-order valence-corrected chi connectivity index (χ2v) is 8.33. The normalized spacial score (nSPS) is 11.4. The fourth-order valence-electron chi connectivity index (χ4n) is 3.79. The van der Waals surface area contributed by atoms with Gasteiger partial charge in [-0.15, -0.1) is 11.3 Å². The maximum atomic E-state index is 13.2. The van der Waals surface area contributed by atoms with E-state index < -0.39 is 0 Å². The first kappa shape index (κ1) is 19.1. The van der Waals surface area contributed by atoms with Gasteiger partial charge in [0, 0.05) is 48.2 Å². The van der Waals surface area contributed by atoms with E-state index in [1.165, 1.54) is 10.9 Å². The molecule has 8 nitrogen and oxygen atoms in total. The number of aryl methyl sites for hydroxylation is 1. The summed E-state index contributed by atoms with van der Waals surface area (Å²) >= 11 is 1.56. The van der Waals surface area contributed by atoms with Crippen molar-refractivity contribution in [1.29, 1.82) is 5.41 Å². The van der Waals surface area contributed by atoms with Crippen molar-refractivity contribution in [2.24, 2.45) is 7.05 Å². The van der Waals surface area contributed by atoms with Gasteiger partial charge in [0.05, 0.1) is 17.4 Å². The predicted octanol–water partition coefficient (Wildman–Crippen LogP) is 2.96. The van der Waals surface area contributed by atoms with Gasteiger partial charge in [0.1, 0.15) is 10.5 Å². The average Bonchev–Trinajstić information content (AvgIpc) is 3.29. The van der Waals surface area contributed by atoms with Crippen LogP contribution in [0.5, 0.6) is 0 Å². The lowest BCUT2D eigenvalue weighted by molar-refractivity contribution is 0.644. The summed E-state index contributed by atoms with van der Waals surface area (Å²) in [5, 5.41) is 13.8. The average molecular weight is 430 g/mol. The first-order chi connectivity index (χ1) is 15.1. The summed E-state index contributed by atoms with van der Waals surface area (Å²) in [6.45, 7) is 0.238. The first-order valence-corrected chi connectivity index (χ1v) is 10.5. The highest BCUT2D eigenvalue weighted by Crippen LogP contribution is 2.31. The zero-order valence-corrected chi connectivity index (χ0v) is 17.6. The molecule has 154 valence electrons. The summed E-state index contributed by atoms with van der Waals surface area (Å²) in [6.07, 6.45) is 5.35. The number of nitrogen functional groups attached to an aromatic ring is 1. The van der Waals surface area contributed by atoms with Gasteiger partial charge in [0.15, 0.2) is 5.65 Å². The number of hydrogen-bond acceptors (Lipinski definition) is 7. The molecule has 0 aliphatic carbocycles. The third kappa shape index (κ3) is 3.19. The third-order valence-corrected chi connectivity index (χ3v) is 6.40. The minimum absolute atomic E-state index is 0.199. The van der Waals surface area contributed by atoms with Gasteiger partial charge >= 0.3 is 0 Å². The zero-order chi connectivity index (χ0) is 21.5. The molecule has 3 N–H and O–H groups in total. The molecule has 0 bridgehead atoms. The summed E-state index contributed by atoms with van der Waals surface area (Å²) in [5.41, 5.74) is 9.94. The lowest BCUT2D eigenvalue weighted by atomic mass is 10.1. The van der Waals surface area contributed by atoms with E-state index in [0.717, 1.165) is 32.0 Å². The molecule has 0 fully saturated rings. The van der Waals surface area contributed by atoms with E-state index in [9.17, 15) is 4.79 Å². The molecule has 0 aliphatic rings. The molecular formula is C22H19N7OS. The van der Waals surface area contributed by atoms with Crippen LogP contribution in [0, 0.1) is 5.41 Å². The quantitative estimate of drug-likeness (QED) is 0.329. The molecule has 4 heterocycles. The van der Waals surface area contributed by atoms with Gasteiger partial charge in [-0.05, 0) is 23.8 Å². The molecule has 9 heteroatoms. The number of rotatable bonds is 5. The molecule has 5 aromatic rings. The van der Waals surface area contributed by atoms with Crippen LogP contribution in [0.4, 0.5) is 5.69 Å². The highest BCUT2D eigenvalue weighted by Gasteiger charge is 2.19.